The summed E-state index contributed by atoms with van der Waals surface area (Å²) in [7, 11) is 0. The van der Waals surface area contributed by atoms with E-state index in [-0.39, 0.29) is 68.7 Å². The molecule has 0 bridgehead atoms. The number of fused-ring (bicyclic) bond motifs is 2. The average molecular weight is 778 g/mol. The summed E-state index contributed by atoms with van der Waals surface area (Å²) in [5.74, 6) is 4.93. The first-order valence-corrected chi connectivity index (χ1v) is 19.2. The van der Waals surface area contributed by atoms with Crippen LogP contribution in [0.4, 0.5) is 5.69 Å². The molecule has 1 aliphatic heterocycles. The van der Waals surface area contributed by atoms with Crippen molar-refractivity contribution in [2.75, 3.05) is 70.8 Å². The Morgan fingerprint density at radius 2 is 1.25 bits per heavy atom. The Hall–Kier alpha value is -4.81. The molecular weight excluding hydrogens is 718 g/mol. The molecular formula is C42H59N5O9. The molecule has 0 unspecified atom stereocenters. The van der Waals surface area contributed by atoms with E-state index in [1.807, 2.05) is 62.4 Å². The molecule has 0 fully saturated rings. The van der Waals surface area contributed by atoms with Crippen LogP contribution in [0.2, 0.25) is 0 Å². The molecule has 2 aromatic carbocycles. The number of rotatable bonds is 23. The van der Waals surface area contributed by atoms with E-state index in [0.29, 0.717) is 46.2 Å². The second-order valence-corrected chi connectivity index (χ2v) is 14.7. The van der Waals surface area contributed by atoms with Gasteiger partial charge in [-0.2, -0.15) is 0 Å². The van der Waals surface area contributed by atoms with Crippen LogP contribution in [0.5, 0.6) is 0 Å². The number of nitrogens with one attached hydrogen (secondary N) is 4. The van der Waals surface area contributed by atoms with Crippen LogP contribution in [0.1, 0.15) is 71.1 Å². The van der Waals surface area contributed by atoms with Gasteiger partial charge in [-0.3, -0.25) is 24.0 Å². The summed E-state index contributed by atoms with van der Waals surface area (Å²) in [6, 6.07) is 13.8. The summed E-state index contributed by atoms with van der Waals surface area (Å²) in [6.07, 6.45) is 0.323. The first kappa shape index (κ1) is 45.6. The molecule has 0 radical (unpaired) electrons. The Morgan fingerprint density at radius 3 is 1.89 bits per heavy atom. The standard InChI is InChI=1S/C42H59N5O9/c1-30(2)38(46-39(50)31(3)45-41(52)42(4,5)6)40(51)44-20-22-54-24-26-56-28-27-55-25-23-53-21-18-36(48)43-19-17-37(49)47-29-34-13-8-7-11-32(34)15-16-33-12-9-10-14-35(33)47/h7-14,30-31,38H,17-29H2,1-6H3,(H,43,48)(H,44,51)(H,45,52)(H,46,50)/t31-,38-/m1/s1. The van der Waals surface area contributed by atoms with Gasteiger partial charge in [0, 0.05) is 42.5 Å². The van der Waals surface area contributed by atoms with Gasteiger partial charge >= 0.3 is 0 Å². The number of nitrogens with zero attached hydrogens (tertiary/aromatic N) is 1. The lowest BCUT2D eigenvalue weighted by Crippen LogP contribution is -2.55. The molecule has 0 saturated heterocycles. The van der Waals surface area contributed by atoms with E-state index in [0.717, 1.165) is 22.4 Å². The summed E-state index contributed by atoms with van der Waals surface area (Å²) >= 11 is 0. The molecule has 2 aromatic rings. The number of anilines is 1. The fourth-order valence-corrected chi connectivity index (χ4v) is 5.31. The third-order valence-corrected chi connectivity index (χ3v) is 8.64. The van der Waals surface area contributed by atoms with Crippen LogP contribution in [-0.4, -0.2) is 108 Å². The predicted octanol–water partition coefficient (Wildman–Crippen LogP) is 2.70. The van der Waals surface area contributed by atoms with Gasteiger partial charge in [0.25, 0.3) is 0 Å². The summed E-state index contributed by atoms with van der Waals surface area (Å²) in [5.41, 5.74) is 2.78. The molecule has 3 rings (SSSR count). The van der Waals surface area contributed by atoms with Gasteiger partial charge < -0.3 is 45.1 Å². The largest absolute Gasteiger partial charge is 0.379 e. The van der Waals surface area contributed by atoms with Crippen LogP contribution in [0, 0.1) is 23.2 Å². The van der Waals surface area contributed by atoms with Gasteiger partial charge in [-0.1, -0.05) is 76.8 Å². The number of benzene rings is 2. The van der Waals surface area contributed by atoms with Gasteiger partial charge in [-0.05, 0) is 36.6 Å². The minimum Gasteiger partial charge on any atom is -0.379 e. The van der Waals surface area contributed by atoms with Crippen molar-refractivity contribution in [2.45, 2.75) is 73.0 Å². The molecule has 0 aliphatic carbocycles. The molecule has 0 saturated carbocycles. The third-order valence-electron chi connectivity index (χ3n) is 8.64. The number of carbonyl (C=O) groups excluding carboxylic acids is 5. The number of para-hydroxylation sites is 1. The molecule has 4 N–H and O–H groups in total. The van der Waals surface area contributed by atoms with E-state index in [9.17, 15) is 24.0 Å². The molecule has 2 atom stereocenters. The molecule has 14 nitrogen and oxygen atoms in total. The van der Waals surface area contributed by atoms with E-state index in [1.54, 1.807) is 32.6 Å². The highest BCUT2D eigenvalue weighted by atomic mass is 16.6. The molecule has 1 aliphatic rings. The smallest absolute Gasteiger partial charge is 0.242 e. The summed E-state index contributed by atoms with van der Waals surface area (Å²) in [5, 5.41) is 11.0. The molecule has 0 spiro atoms. The SMILES string of the molecule is CC(C)[C@@H](NC(=O)[C@@H](C)NC(=O)C(C)(C)C)C(=O)NCCOCCOCCOCCOCCC(=O)NCCC(=O)N1Cc2ccccc2C#Cc2ccccc21. The summed E-state index contributed by atoms with van der Waals surface area (Å²) in [4.78, 5) is 64.9. The lowest BCUT2D eigenvalue weighted by atomic mass is 9.95. The predicted molar refractivity (Wildman–Crippen MR) is 212 cm³/mol. The Labute approximate surface area is 331 Å². The molecule has 56 heavy (non-hydrogen) atoms. The number of hydrogen-bond acceptors (Lipinski definition) is 9. The van der Waals surface area contributed by atoms with Crippen molar-refractivity contribution in [1.82, 2.24) is 21.3 Å². The molecule has 14 heteroatoms. The Bertz CT molecular complexity index is 1660. The van der Waals surface area contributed by atoms with Gasteiger partial charge in [0.15, 0.2) is 0 Å². The van der Waals surface area contributed by atoms with Crippen LogP contribution in [0.15, 0.2) is 48.5 Å². The van der Waals surface area contributed by atoms with E-state index in [1.165, 1.54) is 0 Å². The zero-order valence-electron chi connectivity index (χ0n) is 33.7. The normalized spacial score (nSPS) is 13.2. The van der Waals surface area contributed by atoms with E-state index >= 15 is 0 Å². The van der Waals surface area contributed by atoms with E-state index in [4.69, 9.17) is 18.9 Å². The van der Waals surface area contributed by atoms with E-state index < -0.39 is 23.4 Å². The Balaban J connectivity index is 1.16. The minimum absolute atomic E-state index is 0.0984. The second kappa shape index (κ2) is 24.0. The molecule has 1 heterocycles. The third kappa shape index (κ3) is 16.1. The number of amides is 5. The van der Waals surface area contributed by atoms with Crippen LogP contribution in [0.3, 0.4) is 0 Å². The van der Waals surface area contributed by atoms with Gasteiger partial charge in [0.2, 0.25) is 29.5 Å². The second-order valence-electron chi connectivity index (χ2n) is 14.7. The maximum Gasteiger partial charge on any atom is 0.242 e. The van der Waals surface area contributed by atoms with Crippen molar-refractivity contribution in [2.24, 2.45) is 11.3 Å². The quantitative estimate of drug-likeness (QED) is 0.0978. The fraction of sp³-hybridized carbons (Fsp3) is 0.548. The zero-order chi connectivity index (χ0) is 40.9. The van der Waals surface area contributed by atoms with Crippen molar-refractivity contribution in [3.05, 3.63) is 65.2 Å². The minimum atomic E-state index is -0.781. The van der Waals surface area contributed by atoms with Gasteiger partial charge in [-0.15, -0.1) is 0 Å². The first-order valence-electron chi connectivity index (χ1n) is 19.2. The van der Waals surface area contributed by atoms with Crippen LogP contribution in [-0.2, 0) is 49.5 Å². The maximum atomic E-state index is 13.3. The van der Waals surface area contributed by atoms with Gasteiger partial charge in [-0.25, -0.2) is 0 Å². The highest BCUT2D eigenvalue weighted by Crippen LogP contribution is 2.26. The van der Waals surface area contributed by atoms with Crippen LogP contribution in [0.25, 0.3) is 0 Å². The van der Waals surface area contributed by atoms with Crippen molar-refractivity contribution in [3.63, 3.8) is 0 Å². The lowest BCUT2D eigenvalue weighted by molar-refractivity contribution is -0.134. The monoisotopic (exact) mass is 777 g/mol. The van der Waals surface area contributed by atoms with Gasteiger partial charge in [0.1, 0.15) is 12.1 Å². The number of hydrogen-bond donors (Lipinski definition) is 4. The summed E-state index contributed by atoms with van der Waals surface area (Å²) < 4.78 is 22.0. The van der Waals surface area contributed by atoms with Crippen molar-refractivity contribution < 1.29 is 42.9 Å². The fourth-order valence-electron chi connectivity index (χ4n) is 5.31. The lowest BCUT2D eigenvalue weighted by Gasteiger charge is -2.26. The highest BCUT2D eigenvalue weighted by molar-refractivity contribution is 5.95. The van der Waals surface area contributed by atoms with Crippen molar-refractivity contribution in [1.29, 1.82) is 0 Å². The van der Waals surface area contributed by atoms with Gasteiger partial charge in [0.05, 0.1) is 65.1 Å². The molecule has 5 amide bonds. The van der Waals surface area contributed by atoms with Crippen molar-refractivity contribution in [3.8, 4) is 11.8 Å². The summed E-state index contributed by atoms with van der Waals surface area (Å²) in [6.45, 7) is 14.0. The maximum absolute atomic E-state index is 13.3. The zero-order valence-corrected chi connectivity index (χ0v) is 33.7. The number of carbonyl (C=O) groups is 5. The van der Waals surface area contributed by atoms with Crippen LogP contribution >= 0.6 is 0 Å². The Kier molecular flexibility index (Phi) is 19.5. The number of ether oxygens (including phenoxy) is 4. The van der Waals surface area contributed by atoms with Crippen LogP contribution < -0.4 is 26.2 Å². The average Bonchev–Trinajstić information content (AvgIpc) is 3.15. The first-order chi connectivity index (χ1) is 26.8. The highest BCUT2D eigenvalue weighted by Gasteiger charge is 2.29. The Morgan fingerprint density at radius 1 is 0.679 bits per heavy atom. The van der Waals surface area contributed by atoms with E-state index in [2.05, 4.69) is 33.1 Å². The topological polar surface area (TPSA) is 174 Å². The molecule has 306 valence electrons. The van der Waals surface area contributed by atoms with Crippen molar-refractivity contribution >= 4 is 35.2 Å². The molecule has 0 aromatic heterocycles.